The number of hydrogen-bond acceptors (Lipinski definition) is 3. The average molecular weight is 342 g/mol. The van der Waals surface area contributed by atoms with Gasteiger partial charge >= 0.3 is 0 Å². The Bertz CT molecular complexity index is 784. The van der Waals surface area contributed by atoms with Crippen LogP contribution < -0.4 is 5.32 Å². The molecule has 1 aromatic carbocycles. The first-order chi connectivity index (χ1) is 10.3. The number of hydrogen-bond donors (Lipinski definition) is 2. The Balaban J connectivity index is 2.19. The van der Waals surface area contributed by atoms with Gasteiger partial charge in [0.25, 0.3) is 5.91 Å². The molecule has 0 aliphatic heterocycles. The van der Waals surface area contributed by atoms with E-state index in [1.54, 1.807) is 18.2 Å². The number of nitrogens with one attached hydrogen (secondary N) is 2. The number of rotatable bonds is 5. The third-order valence-electron chi connectivity index (χ3n) is 3.06. The van der Waals surface area contributed by atoms with Crippen molar-refractivity contribution in [3.05, 3.63) is 52.8 Å². The Kier molecular flexibility index (Phi) is 4.90. The fourth-order valence-electron chi connectivity index (χ4n) is 1.87. The van der Waals surface area contributed by atoms with Gasteiger partial charge in [0.05, 0.1) is 9.92 Å². The van der Waals surface area contributed by atoms with Crippen molar-refractivity contribution in [2.24, 2.45) is 0 Å². The monoisotopic (exact) mass is 341 g/mol. The van der Waals surface area contributed by atoms with Gasteiger partial charge in [0, 0.05) is 26.8 Å². The molecule has 2 N–H and O–H groups in total. The number of benzene rings is 1. The van der Waals surface area contributed by atoms with Gasteiger partial charge in [-0.1, -0.05) is 29.8 Å². The first-order valence-electron chi connectivity index (χ1n) is 6.45. The molecule has 0 radical (unpaired) electrons. The molecule has 0 fully saturated rings. The molecule has 0 aliphatic carbocycles. The van der Waals surface area contributed by atoms with Gasteiger partial charge in [-0.15, -0.1) is 0 Å². The molecule has 2 rings (SSSR count). The van der Waals surface area contributed by atoms with Crippen LogP contribution in [-0.2, 0) is 16.6 Å². The van der Waals surface area contributed by atoms with Crippen LogP contribution in [0.5, 0.6) is 0 Å². The molecular weight excluding hydrogens is 326 g/mol. The minimum Gasteiger partial charge on any atom is -0.356 e. The van der Waals surface area contributed by atoms with E-state index in [0.717, 1.165) is 4.31 Å². The van der Waals surface area contributed by atoms with Crippen LogP contribution in [0.3, 0.4) is 0 Å². The Morgan fingerprint density at radius 3 is 2.59 bits per heavy atom. The van der Waals surface area contributed by atoms with E-state index in [-0.39, 0.29) is 17.3 Å². The van der Waals surface area contributed by atoms with Crippen molar-refractivity contribution in [2.75, 3.05) is 14.1 Å². The smallest absolute Gasteiger partial charge is 0.268 e. The number of aromatic amines is 1. The molecule has 0 spiro atoms. The molecule has 22 heavy (non-hydrogen) atoms. The Morgan fingerprint density at radius 1 is 1.32 bits per heavy atom. The highest BCUT2D eigenvalue weighted by atomic mass is 35.5. The lowest BCUT2D eigenvalue weighted by Gasteiger charge is -2.15. The summed E-state index contributed by atoms with van der Waals surface area (Å²) in [7, 11) is -0.635. The maximum Gasteiger partial charge on any atom is 0.268 e. The molecule has 0 unspecified atom stereocenters. The van der Waals surface area contributed by atoms with E-state index >= 15 is 0 Å². The predicted octanol–water partition coefficient (Wildman–Crippen LogP) is 1.85. The number of amides is 1. The van der Waals surface area contributed by atoms with Crippen LogP contribution in [-0.4, -0.2) is 37.7 Å². The zero-order chi connectivity index (χ0) is 16.3. The Hall–Kier alpha value is -1.83. The van der Waals surface area contributed by atoms with Crippen molar-refractivity contribution in [3.63, 3.8) is 0 Å². The fourth-order valence-corrected chi connectivity index (χ4v) is 3.15. The molecule has 118 valence electrons. The lowest BCUT2D eigenvalue weighted by Crippen LogP contribution is -2.27. The molecule has 6 nitrogen and oxygen atoms in total. The normalized spacial score (nSPS) is 11.6. The second-order valence-electron chi connectivity index (χ2n) is 4.81. The van der Waals surface area contributed by atoms with Gasteiger partial charge in [0.15, 0.2) is 0 Å². The summed E-state index contributed by atoms with van der Waals surface area (Å²) in [6.45, 7) is 0.0959. The lowest BCUT2D eigenvalue weighted by atomic mass is 10.2. The summed E-state index contributed by atoms with van der Waals surface area (Å²) in [6.07, 6.45) is 1.50. The van der Waals surface area contributed by atoms with Crippen LogP contribution in [0.4, 0.5) is 0 Å². The highest BCUT2D eigenvalue weighted by Crippen LogP contribution is 2.18. The molecule has 0 atom stereocenters. The summed E-state index contributed by atoms with van der Waals surface area (Å²) in [6, 6.07) is 8.05. The van der Waals surface area contributed by atoms with E-state index in [4.69, 9.17) is 11.6 Å². The van der Waals surface area contributed by atoms with E-state index in [9.17, 15) is 13.2 Å². The molecule has 8 heteroatoms. The van der Waals surface area contributed by atoms with Crippen molar-refractivity contribution in [1.82, 2.24) is 14.6 Å². The first-order valence-corrected chi connectivity index (χ1v) is 8.26. The minimum absolute atomic E-state index is 0.0959. The van der Waals surface area contributed by atoms with Crippen molar-refractivity contribution in [2.45, 2.75) is 11.4 Å². The number of aromatic nitrogens is 1. The number of carbonyl (C=O) groups is 1. The van der Waals surface area contributed by atoms with Crippen molar-refractivity contribution < 1.29 is 13.2 Å². The van der Waals surface area contributed by atoms with Gasteiger partial charge in [-0.2, -0.15) is 0 Å². The number of H-pyrrole nitrogens is 1. The highest BCUT2D eigenvalue weighted by Gasteiger charge is 2.21. The van der Waals surface area contributed by atoms with Gasteiger partial charge in [-0.25, -0.2) is 12.7 Å². The average Bonchev–Trinajstić information content (AvgIpc) is 2.91. The van der Waals surface area contributed by atoms with Gasteiger partial charge in [-0.3, -0.25) is 4.79 Å². The summed E-state index contributed by atoms with van der Waals surface area (Å²) >= 11 is 5.75. The topological polar surface area (TPSA) is 82.3 Å². The third kappa shape index (κ3) is 3.49. The fraction of sp³-hybridized carbons (Fsp3) is 0.214. The SMILES string of the molecule is CN(C)S(=O)(=O)c1ccccc1CNC(=O)c1cc(Cl)c[nH]1. The number of halogens is 1. The summed E-state index contributed by atoms with van der Waals surface area (Å²) in [5.41, 5.74) is 0.833. The summed E-state index contributed by atoms with van der Waals surface area (Å²) < 4.78 is 25.7. The van der Waals surface area contributed by atoms with E-state index in [0.29, 0.717) is 16.3 Å². The number of carbonyl (C=O) groups excluding carboxylic acids is 1. The maximum atomic E-state index is 12.3. The lowest BCUT2D eigenvalue weighted by molar-refractivity contribution is 0.0946. The van der Waals surface area contributed by atoms with Crippen LogP contribution in [0.15, 0.2) is 41.4 Å². The van der Waals surface area contributed by atoms with Crippen LogP contribution in [0.2, 0.25) is 5.02 Å². The molecular formula is C14H16ClN3O3S. The van der Waals surface area contributed by atoms with E-state index in [2.05, 4.69) is 10.3 Å². The second kappa shape index (κ2) is 6.51. The molecule has 0 bridgehead atoms. The van der Waals surface area contributed by atoms with Gasteiger partial charge in [0.2, 0.25) is 10.0 Å². The van der Waals surface area contributed by atoms with Gasteiger partial charge in [0.1, 0.15) is 5.69 Å². The summed E-state index contributed by atoms with van der Waals surface area (Å²) in [4.78, 5) is 14.9. The predicted molar refractivity (Wildman–Crippen MR) is 84.3 cm³/mol. The highest BCUT2D eigenvalue weighted by molar-refractivity contribution is 7.89. The largest absolute Gasteiger partial charge is 0.356 e. The van der Waals surface area contributed by atoms with E-state index in [1.165, 1.54) is 32.4 Å². The molecule has 0 saturated carbocycles. The van der Waals surface area contributed by atoms with Crippen LogP contribution in [0.1, 0.15) is 16.1 Å². The number of sulfonamides is 1. The molecule has 0 aliphatic rings. The quantitative estimate of drug-likeness (QED) is 0.870. The van der Waals surface area contributed by atoms with E-state index in [1.807, 2.05) is 0 Å². The van der Waals surface area contributed by atoms with Crippen molar-refractivity contribution >= 4 is 27.5 Å². The maximum absolute atomic E-state index is 12.3. The first kappa shape index (κ1) is 16.5. The van der Waals surface area contributed by atoms with Crippen LogP contribution >= 0.6 is 11.6 Å². The van der Waals surface area contributed by atoms with Gasteiger partial charge in [-0.05, 0) is 17.7 Å². The van der Waals surface area contributed by atoms with E-state index < -0.39 is 10.0 Å². The number of nitrogens with zero attached hydrogens (tertiary/aromatic N) is 1. The third-order valence-corrected chi connectivity index (χ3v) is 5.20. The van der Waals surface area contributed by atoms with Crippen LogP contribution in [0, 0.1) is 0 Å². The molecule has 2 aromatic rings. The Labute approximate surface area is 134 Å². The zero-order valence-electron chi connectivity index (χ0n) is 12.1. The summed E-state index contributed by atoms with van der Waals surface area (Å²) in [5, 5.41) is 3.10. The Morgan fingerprint density at radius 2 is 2.00 bits per heavy atom. The standard InChI is InChI=1S/C14H16ClN3O3S/c1-18(2)22(20,21)13-6-4-3-5-10(13)8-17-14(19)12-7-11(15)9-16-12/h3-7,9,16H,8H2,1-2H3,(H,17,19). The second-order valence-corrected chi connectivity index (χ2v) is 7.37. The van der Waals surface area contributed by atoms with Crippen LogP contribution in [0.25, 0.3) is 0 Å². The molecule has 1 amide bonds. The zero-order valence-corrected chi connectivity index (χ0v) is 13.7. The molecule has 1 heterocycles. The molecule has 1 aromatic heterocycles. The van der Waals surface area contributed by atoms with Crippen molar-refractivity contribution in [3.8, 4) is 0 Å². The van der Waals surface area contributed by atoms with Crippen molar-refractivity contribution in [1.29, 1.82) is 0 Å². The summed E-state index contributed by atoms with van der Waals surface area (Å²) in [5.74, 6) is -0.357. The van der Waals surface area contributed by atoms with Gasteiger partial charge < -0.3 is 10.3 Å². The minimum atomic E-state index is -3.56. The molecule has 0 saturated heterocycles.